The van der Waals surface area contributed by atoms with E-state index in [0.29, 0.717) is 0 Å². The zero-order valence-corrected chi connectivity index (χ0v) is 16.2. The summed E-state index contributed by atoms with van der Waals surface area (Å²) in [7, 11) is 0. The van der Waals surface area contributed by atoms with Gasteiger partial charge < -0.3 is 4.90 Å². The van der Waals surface area contributed by atoms with E-state index in [1.165, 1.54) is 54.6 Å². The van der Waals surface area contributed by atoms with Gasteiger partial charge in [0.25, 0.3) is 0 Å². The average Bonchev–Trinajstić information content (AvgIpc) is 2.86. The summed E-state index contributed by atoms with van der Waals surface area (Å²) in [6.07, 6.45) is 11.2. The van der Waals surface area contributed by atoms with Gasteiger partial charge in [-0.25, -0.2) is 0 Å². The minimum Gasteiger partial charge on any atom is -0.341 e. The smallest absolute Gasteiger partial charge is 0.150 e. The van der Waals surface area contributed by atoms with Crippen molar-refractivity contribution in [3.05, 3.63) is 58.7 Å². The summed E-state index contributed by atoms with van der Waals surface area (Å²) in [5, 5.41) is 0. The van der Waals surface area contributed by atoms with Crippen LogP contribution in [-0.2, 0) is 12.8 Å². The van der Waals surface area contributed by atoms with Gasteiger partial charge in [0.2, 0.25) is 0 Å². The number of unbranched alkanes of at least 4 members (excludes halogenated alkanes) is 5. The lowest BCUT2D eigenvalue weighted by Crippen LogP contribution is -2.20. The van der Waals surface area contributed by atoms with Crippen molar-refractivity contribution in [2.24, 2.45) is 0 Å². The molecule has 2 aromatic rings. The number of aldehydes is 2. The fourth-order valence-corrected chi connectivity index (χ4v) is 3.97. The molecule has 27 heavy (non-hydrogen) atoms. The van der Waals surface area contributed by atoms with Crippen LogP contribution in [0.5, 0.6) is 0 Å². The van der Waals surface area contributed by atoms with Crippen LogP contribution >= 0.6 is 0 Å². The predicted octanol–water partition coefficient (Wildman–Crippen LogP) is 5.91. The van der Waals surface area contributed by atoms with Gasteiger partial charge in [0.15, 0.2) is 0 Å². The first kappa shape index (κ1) is 19.3. The van der Waals surface area contributed by atoms with Crippen LogP contribution in [0.2, 0.25) is 0 Å². The van der Waals surface area contributed by atoms with Crippen molar-refractivity contribution < 1.29 is 9.59 Å². The third kappa shape index (κ3) is 4.65. The highest BCUT2D eigenvalue weighted by Crippen LogP contribution is 2.37. The lowest BCUT2D eigenvalue weighted by atomic mass is 10.0. The third-order valence-electron chi connectivity index (χ3n) is 5.46. The molecule has 3 heteroatoms. The number of hydrogen-bond acceptors (Lipinski definition) is 3. The summed E-state index contributed by atoms with van der Waals surface area (Å²) in [5.41, 5.74) is 6.29. The van der Waals surface area contributed by atoms with Gasteiger partial charge in [-0.3, -0.25) is 9.59 Å². The molecular weight excluding hydrogens is 334 g/mol. The molecule has 1 aliphatic heterocycles. The Morgan fingerprint density at radius 3 is 1.81 bits per heavy atom. The maximum absolute atomic E-state index is 11.2. The highest BCUT2D eigenvalue weighted by atomic mass is 16.1. The van der Waals surface area contributed by atoms with Gasteiger partial charge in [-0.15, -0.1) is 0 Å². The van der Waals surface area contributed by atoms with Gasteiger partial charge >= 0.3 is 0 Å². The number of hydrogen-bond donors (Lipinski definition) is 0. The monoisotopic (exact) mass is 363 g/mol. The van der Waals surface area contributed by atoms with Crippen molar-refractivity contribution in [2.75, 3.05) is 11.4 Å². The number of anilines is 2. The van der Waals surface area contributed by atoms with E-state index in [4.69, 9.17) is 0 Å². The van der Waals surface area contributed by atoms with Gasteiger partial charge in [0.05, 0.1) is 0 Å². The van der Waals surface area contributed by atoms with E-state index < -0.39 is 0 Å². The first-order valence-electron chi connectivity index (χ1n) is 10.2. The van der Waals surface area contributed by atoms with Gasteiger partial charge in [0.1, 0.15) is 12.6 Å². The van der Waals surface area contributed by atoms with Crippen molar-refractivity contribution in [1.29, 1.82) is 0 Å². The highest BCUT2D eigenvalue weighted by Gasteiger charge is 2.21. The number of carbonyl (C=O) groups is 2. The molecule has 0 bridgehead atoms. The summed E-state index contributed by atoms with van der Waals surface area (Å²) >= 11 is 0. The molecule has 0 N–H and O–H groups in total. The summed E-state index contributed by atoms with van der Waals surface area (Å²) in [5.74, 6) is 0. The van der Waals surface area contributed by atoms with E-state index in [0.717, 1.165) is 49.5 Å². The van der Waals surface area contributed by atoms with Crippen LogP contribution in [0, 0.1) is 0 Å². The fourth-order valence-electron chi connectivity index (χ4n) is 3.97. The maximum Gasteiger partial charge on any atom is 0.150 e. The maximum atomic E-state index is 11.2. The lowest BCUT2D eigenvalue weighted by Gasteiger charge is -2.27. The lowest BCUT2D eigenvalue weighted by molar-refractivity contribution is 0.111. The first-order chi connectivity index (χ1) is 13.3. The largest absolute Gasteiger partial charge is 0.341 e. The Morgan fingerprint density at radius 1 is 0.778 bits per heavy atom. The van der Waals surface area contributed by atoms with E-state index in [1.807, 2.05) is 24.3 Å². The molecule has 0 saturated heterocycles. The Bertz CT molecular complexity index is 737. The Labute approximate surface area is 162 Å². The Morgan fingerprint density at radius 2 is 1.30 bits per heavy atom. The van der Waals surface area contributed by atoms with Crippen LogP contribution in [0.3, 0.4) is 0 Å². The molecule has 0 saturated carbocycles. The van der Waals surface area contributed by atoms with Gasteiger partial charge in [-0.1, -0.05) is 39.0 Å². The SMILES string of the molecule is CCCCCCCCN1c2ccc(C=O)cc2CCc2cc(C=O)ccc21. The van der Waals surface area contributed by atoms with Crippen LogP contribution in [0.25, 0.3) is 0 Å². The molecule has 142 valence electrons. The second kappa shape index (κ2) is 9.50. The minimum absolute atomic E-state index is 0.729. The number of nitrogens with zero attached hydrogens (tertiary/aromatic N) is 1. The van der Waals surface area contributed by atoms with E-state index in [9.17, 15) is 9.59 Å². The van der Waals surface area contributed by atoms with E-state index in [-0.39, 0.29) is 0 Å². The second-order valence-electron chi connectivity index (χ2n) is 7.43. The van der Waals surface area contributed by atoms with Crippen LogP contribution < -0.4 is 4.90 Å². The van der Waals surface area contributed by atoms with Gasteiger partial charge in [-0.2, -0.15) is 0 Å². The molecule has 0 unspecified atom stereocenters. The molecule has 0 aliphatic carbocycles. The minimum atomic E-state index is 0.729. The van der Waals surface area contributed by atoms with Crippen molar-refractivity contribution in [1.82, 2.24) is 0 Å². The van der Waals surface area contributed by atoms with Crippen LogP contribution in [-0.4, -0.2) is 19.1 Å². The molecule has 0 atom stereocenters. The zero-order chi connectivity index (χ0) is 19.1. The van der Waals surface area contributed by atoms with Gasteiger partial charge in [0, 0.05) is 29.0 Å². The van der Waals surface area contributed by atoms with Gasteiger partial charge in [-0.05, 0) is 66.8 Å². The van der Waals surface area contributed by atoms with E-state index in [2.05, 4.69) is 24.0 Å². The summed E-state index contributed by atoms with van der Waals surface area (Å²) < 4.78 is 0. The molecule has 1 aliphatic rings. The number of aryl methyl sites for hydroxylation is 2. The molecule has 0 fully saturated rings. The number of fused-ring (bicyclic) bond motifs is 2. The predicted molar refractivity (Wildman–Crippen MR) is 111 cm³/mol. The number of carbonyl (C=O) groups excluding carboxylic acids is 2. The Hall–Kier alpha value is -2.42. The third-order valence-corrected chi connectivity index (χ3v) is 5.46. The molecule has 3 rings (SSSR count). The van der Waals surface area contributed by atoms with Crippen molar-refractivity contribution >= 4 is 23.9 Å². The summed E-state index contributed by atoms with van der Waals surface area (Å²) in [4.78, 5) is 24.8. The molecule has 0 amide bonds. The number of benzene rings is 2. The normalized spacial score (nSPS) is 12.9. The average molecular weight is 364 g/mol. The second-order valence-corrected chi connectivity index (χ2v) is 7.43. The van der Waals surface area contributed by atoms with E-state index in [1.54, 1.807) is 0 Å². The molecule has 3 nitrogen and oxygen atoms in total. The molecule has 0 spiro atoms. The fraction of sp³-hybridized carbons (Fsp3) is 0.417. The summed E-state index contributed by atoms with van der Waals surface area (Å²) in [6, 6.07) is 12.0. The first-order valence-corrected chi connectivity index (χ1v) is 10.2. The standard InChI is InChI=1S/C24H29NO2/c1-2-3-4-5-6-7-14-25-23-12-8-19(17-26)15-21(23)10-11-22-16-20(18-27)9-13-24(22)25/h8-9,12-13,15-18H,2-7,10-11,14H2,1H3. The Balaban J connectivity index is 1.86. The van der Waals surface area contributed by atoms with Crippen molar-refractivity contribution in [3.63, 3.8) is 0 Å². The van der Waals surface area contributed by atoms with Crippen LogP contribution in [0.4, 0.5) is 11.4 Å². The molecule has 1 heterocycles. The molecule has 2 aromatic carbocycles. The summed E-state index contributed by atoms with van der Waals surface area (Å²) in [6.45, 7) is 3.21. The van der Waals surface area contributed by atoms with Crippen LogP contribution in [0.15, 0.2) is 36.4 Å². The quantitative estimate of drug-likeness (QED) is 0.410. The van der Waals surface area contributed by atoms with Crippen molar-refractivity contribution in [2.45, 2.75) is 58.3 Å². The molecular formula is C24H29NO2. The van der Waals surface area contributed by atoms with Crippen LogP contribution in [0.1, 0.15) is 77.3 Å². The van der Waals surface area contributed by atoms with Crippen molar-refractivity contribution in [3.8, 4) is 0 Å². The molecule has 0 radical (unpaired) electrons. The molecule has 0 aromatic heterocycles. The van der Waals surface area contributed by atoms with E-state index >= 15 is 0 Å². The number of rotatable bonds is 9. The topological polar surface area (TPSA) is 37.4 Å². The highest BCUT2D eigenvalue weighted by molar-refractivity contribution is 5.81. The zero-order valence-electron chi connectivity index (χ0n) is 16.2. The Kier molecular flexibility index (Phi) is 6.80.